The van der Waals surface area contributed by atoms with Crippen LogP contribution in [-0.4, -0.2) is 23.1 Å². The van der Waals surface area contributed by atoms with Gasteiger partial charge in [0, 0.05) is 26.5 Å². The summed E-state index contributed by atoms with van der Waals surface area (Å²) in [7, 11) is 0. The number of anilines is 1. The van der Waals surface area contributed by atoms with Crippen LogP contribution in [0.4, 0.5) is 5.69 Å². The zero-order valence-corrected chi connectivity index (χ0v) is 18.6. The van der Waals surface area contributed by atoms with Crippen molar-refractivity contribution in [2.45, 2.75) is 20.4 Å². The van der Waals surface area contributed by atoms with Gasteiger partial charge in [-0.05, 0) is 32.0 Å². The van der Waals surface area contributed by atoms with Crippen molar-refractivity contribution in [3.8, 4) is 10.4 Å². The molecule has 2 heterocycles. The zero-order chi connectivity index (χ0) is 21.1. The van der Waals surface area contributed by atoms with E-state index in [1.807, 2.05) is 0 Å². The van der Waals surface area contributed by atoms with Gasteiger partial charge in [0.1, 0.15) is 11.4 Å². The molecule has 6 nitrogen and oxygen atoms in total. The molecule has 2 aromatic heterocycles. The van der Waals surface area contributed by atoms with Gasteiger partial charge in [-0.2, -0.15) is 0 Å². The SMILES string of the molecule is CCOC(=O)c1sc(-c2ccc(Cl)cc2Cl)cc1NC(=O)Cn1c(C)csc1=O. The average molecular weight is 471 g/mol. The summed E-state index contributed by atoms with van der Waals surface area (Å²) < 4.78 is 6.47. The molecule has 0 aliphatic carbocycles. The Hall–Kier alpha value is -2.13. The van der Waals surface area contributed by atoms with Crippen molar-refractivity contribution >= 4 is 63.4 Å². The Bertz CT molecular complexity index is 1130. The first-order chi connectivity index (χ1) is 13.8. The minimum Gasteiger partial charge on any atom is -0.462 e. The second kappa shape index (κ2) is 9.13. The lowest BCUT2D eigenvalue weighted by atomic mass is 10.2. The minimum atomic E-state index is -0.548. The van der Waals surface area contributed by atoms with Crippen molar-refractivity contribution < 1.29 is 14.3 Å². The van der Waals surface area contributed by atoms with Crippen molar-refractivity contribution in [3.05, 3.63) is 59.9 Å². The standard InChI is InChI=1S/C19H16Cl2N2O4S2/c1-3-27-18(25)17-14(22-16(24)8-23-10(2)9-28-19(23)26)7-15(29-17)12-5-4-11(20)6-13(12)21/h4-7,9H,3,8H2,1-2H3,(H,22,24). The normalized spacial score (nSPS) is 10.8. The molecular weight excluding hydrogens is 455 g/mol. The summed E-state index contributed by atoms with van der Waals surface area (Å²) in [6.45, 7) is 3.50. The highest BCUT2D eigenvalue weighted by Gasteiger charge is 2.21. The first-order valence-corrected chi connectivity index (χ1v) is 11.0. The van der Waals surface area contributed by atoms with Crippen LogP contribution in [0.3, 0.4) is 0 Å². The third kappa shape index (κ3) is 4.90. The smallest absolute Gasteiger partial charge is 0.350 e. The van der Waals surface area contributed by atoms with E-state index < -0.39 is 11.9 Å². The number of hydrogen-bond acceptors (Lipinski definition) is 6. The molecule has 0 saturated heterocycles. The lowest BCUT2D eigenvalue weighted by Gasteiger charge is -2.07. The van der Waals surface area contributed by atoms with E-state index in [0.29, 0.717) is 31.9 Å². The number of carbonyl (C=O) groups is 2. The van der Waals surface area contributed by atoms with Gasteiger partial charge in [0.15, 0.2) is 0 Å². The topological polar surface area (TPSA) is 77.4 Å². The number of thiophene rings is 1. The highest BCUT2D eigenvalue weighted by molar-refractivity contribution is 7.18. The molecule has 3 aromatic rings. The molecule has 0 aliphatic heterocycles. The highest BCUT2D eigenvalue weighted by atomic mass is 35.5. The van der Waals surface area contributed by atoms with E-state index in [1.165, 1.54) is 4.57 Å². The molecule has 3 rings (SSSR count). The maximum atomic E-state index is 12.5. The second-order valence-corrected chi connectivity index (χ2v) is 8.69. The number of rotatable bonds is 6. The summed E-state index contributed by atoms with van der Waals surface area (Å²) in [5.74, 6) is -0.973. The number of halogens is 2. The summed E-state index contributed by atoms with van der Waals surface area (Å²) in [6, 6.07) is 6.70. The molecule has 10 heteroatoms. The van der Waals surface area contributed by atoms with Crippen molar-refractivity contribution in [1.29, 1.82) is 0 Å². The van der Waals surface area contributed by atoms with E-state index in [1.54, 1.807) is 43.5 Å². The quantitative estimate of drug-likeness (QED) is 0.510. The fourth-order valence-electron chi connectivity index (χ4n) is 2.58. The average Bonchev–Trinajstić information content (AvgIpc) is 3.20. The fraction of sp³-hybridized carbons (Fsp3) is 0.211. The molecule has 0 aliphatic rings. The van der Waals surface area contributed by atoms with Gasteiger partial charge in [-0.25, -0.2) is 4.79 Å². The number of carbonyl (C=O) groups excluding carboxylic acids is 2. The van der Waals surface area contributed by atoms with E-state index in [-0.39, 0.29) is 22.9 Å². The Balaban J connectivity index is 1.93. The monoisotopic (exact) mass is 470 g/mol. The van der Waals surface area contributed by atoms with Crippen LogP contribution in [0.2, 0.25) is 10.0 Å². The van der Waals surface area contributed by atoms with E-state index in [0.717, 1.165) is 22.7 Å². The van der Waals surface area contributed by atoms with E-state index in [4.69, 9.17) is 27.9 Å². The summed E-state index contributed by atoms with van der Waals surface area (Å²) in [6.07, 6.45) is 0. The maximum Gasteiger partial charge on any atom is 0.350 e. The largest absolute Gasteiger partial charge is 0.462 e. The Labute approximate surface area is 184 Å². The summed E-state index contributed by atoms with van der Waals surface area (Å²) in [5.41, 5.74) is 1.68. The third-order valence-corrected chi connectivity index (χ3v) is 6.52. The Morgan fingerprint density at radius 3 is 2.62 bits per heavy atom. The van der Waals surface area contributed by atoms with Crippen LogP contribution in [0.15, 0.2) is 34.4 Å². The van der Waals surface area contributed by atoms with Gasteiger partial charge in [-0.15, -0.1) is 11.3 Å². The molecule has 1 aromatic carbocycles. The first kappa shape index (κ1) is 21.6. The number of aromatic nitrogens is 1. The number of ether oxygens (including phenoxy) is 1. The highest BCUT2D eigenvalue weighted by Crippen LogP contribution is 2.39. The van der Waals surface area contributed by atoms with Crippen LogP contribution in [0.25, 0.3) is 10.4 Å². The molecule has 152 valence electrons. The van der Waals surface area contributed by atoms with Gasteiger partial charge in [0.25, 0.3) is 0 Å². The molecular formula is C19H16Cl2N2O4S2. The Kier molecular flexibility index (Phi) is 6.79. The van der Waals surface area contributed by atoms with E-state index in [9.17, 15) is 14.4 Å². The van der Waals surface area contributed by atoms with Crippen LogP contribution in [-0.2, 0) is 16.1 Å². The number of amides is 1. The maximum absolute atomic E-state index is 12.5. The first-order valence-electron chi connectivity index (χ1n) is 8.51. The molecule has 29 heavy (non-hydrogen) atoms. The summed E-state index contributed by atoms with van der Waals surface area (Å²) >= 11 is 14.4. The third-order valence-electron chi connectivity index (χ3n) is 3.94. The van der Waals surface area contributed by atoms with Gasteiger partial charge in [-0.1, -0.05) is 40.6 Å². The van der Waals surface area contributed by atoms with Crippen molar-refractivity contribution in [2.75, 3.05) is 11.9 Å². The number of aryl methyl sites for hydroxylation is 1. The predicted octanol–water partition coefficient (Wildman–Crippen LogP) is 5.07. The van der Waals surface area contributed by atoms with E-state index in [2.05, 4.69) is 5.32 Å². The number of benzene rings is 1. The fourth-order valence-corrected chi connectivity index (χ4v) is 4.93. The Morgan fingerprint density at radius 1 is 1.24 bits per heavy atom. The molecule has 1 amide bonds. The molecule has 1 N–H and O–H groups in total. The van der Waals surface area contributed by atoms with Gasteiger partial charge in [-0.3, -0.25) is 14.2 Å². The van der Waals surface area contributed by atoms with Gasteiger partial charge in [0.05, 0.1) is 17.3 Å². The van der Waals surface area contributed by atoms with Crippen LogP contribution >= 0.6 is 45.9 Å². The second-order valence-electron chi connectivity index (χ2n) is 5.98. The molecule has 0 bridgehead atoms. The summed E-state index contributed by atoms with van der Waals surface area (Å²) in [5, 5.41) is 5.31. The van der Waals surface area contributed by atoms with Gasteiger partial charge in [0.2, 0.25) is 5.91 Å². The zero-order valence-electron chi connectivity index (χ0n) is 15.5. The minimum absolute atomic E-state index is 0.149. The van der Waals surface area contributed by atoms with Crippen LogP contribution < -0.4 is 10.2 Å². The van der Waals surface area contributed by atoms with Crippen molar-refractivity contribution in [2.24, 2.45) is 0 Å². The number of nitrogens with zero attached hydrogens (tertiary/aromatic N) is 1. The summed E-state index contributed by atoms with van der Waals surface area (Å²) in [4.78, 5) is 37.4. The molecule has 0 unspecified atom stereocenters. The molecule has 0 radical (unpaired) electrons. The van der Waals surface area contributed by atoms with Gasteiger partial charge < -0.3 is 10.1 Å². The van der Waals surface area contributed by atoms with Crippen molar-refractivity contribution in [1.82, 2.24) is 4.57 Å². The molecule has 0 fully saturated rings. The van der Waals surface area contributed by atoms with Crippen molar-refractivity contribution in [3.63, 3.8) is 0 Å². The lowest BCUT2D eigenvalue weighted by molar-refractivity contribution is -0.116. The number of thiazole rings is 1. The van der Waals surface area contributed by atoms with E-state index >= 15 is 0 Å². The molecule has 0 atom stereocenters. The number of esters is 1. The predicted molar refractivity (Wildman–Crippen MR) is 118 cm³/mol. The Morgan fingerprint density at radius 2 is 2.00 bits per heavy atom. The lowest BCUT2D eigenvalue weighted by Crippen LogP contribution is -2.25. The number of hydrogen-bond donors (Lipinski definition) is 1. The van der Waals surface area contributed by atoms with Crippen LogP contribution in [0.5, 0.6) is 0 Å². The van der Waals surface area contributed by atoms with Crippen LogP contribution in [0, 0.1) is 6.92 Å². The van der Waals surface area contributed by atoms with Gasteiger partial charge >= 0.3 is 10.8 Å². The molecule has 0 saturated carbocycles. The number of nitrogens with one attached hydrogen (secondary N) is 1. The molecule has 0 spiro atoms. The van der Waals surface area contributed by atoms with Crippen LogP contribution in [0.1, 0.15) is 22.3 Å².